The Bertz CT molecular complexity index is 516. The summed E-state index contributed by atoms with van der Waals surface area (Å²) >= 11 is 0. The smallest absolute Gasteiger partial charge is 0.0629 e. The van der Waals surface area contributed by atoms with Gasteiger partial charge in [0, 0.05) is 23.5 Å². The van der Waals surface area contributed by atoms with Gasteiger partial charge in [0.15, 0.2) is 0 Å². The lowest BCUT2D eigenvalue weighted by molar-refractivity contribution is 0.899. The molecule has 0 aromatic heterocycles. The number of hydrogen-bond donors (Lipinski definition) is 1. The fourth-order valence-corrected chi connectivity index (χ4v) is 1.71. The van der Waals surface area contributed by atoms with E-state index in [1.807, 2.05) is 48.7 Å². The van der Waals surface area contributed by atoms with E-state index in [9.17, 15) is 0 Å². The molecule has 0 saturated carbocycles. The Morgan fingerprint density at radius 2 is 1.61 bits per heavy atom. The summed E-state index contributed by atoms with van der Waals surface area (Å²) < 4.78 is 0. The van der Waals surface area contributed by atoms with E-state index in [0.29, 0.717) is 6.04 Å². The summed E-state index contributed by atoms with van der Waals surface area (Å²) in [6.45, 7) is 4.26. The maximum absolute atomic E-state index is 4.48. The van der Waals surface area contributed by atoms with E-state index in [1.165, 1.54) is 0 Å². The highest BCUT2D eigenvalue weighted by Crippen LogP contribution is 2.16. The molecule has 0 amide bonds. The molecule has 2 nitrogen and oxygen atoms in total. The molecule has 0 aliphatic carbocycles. The highest BCUT2D eigenvalue weighted by atomic mass is 14.9. The summed E-state index contributed by atoms with van der Waals surface area (Å²) in [5.41, 5.74) is 3.19. The van der Waals surface area contributed by atoms with Crippen LogP contribution in [0.5, 0.6) is 0 Å². The molecule has 0 unspecified atom stereocenters. The molecule has 2 aromatic carbocycles. The molecule has 0 heterocycles. The maximum atomic E-state index is 4.48. The second-order valence-corrected chi connectivity index (χ2v) is 4.48. The van der Waals surface area contributed by atoms with Crippen molar-refractivity contribution in [1.82, 2.24) is 0 Å². The minimum absolute atomic E-state index is 0.413. The first-order chi connectivity index (χ1) is 8.75. The largest absolute Gasteiger partial charge is 0.382 e. The summed E-state index contributed by atoms with van der Waals surface area (Å²) in [6.07, 6.45) is 1.90. The van der Waals surface area contributed by atoms with Gasteiger partial charge in [-0.25, -0.2) is 0 Å². The Hall–Kier alpha value is -2.09. The van der Waals surface area contributed by atoms with Crippen LogP contribution >= 0.6 is 0 Å². The van der Waals surface area contributed by atoms with Crippen LogP contribution in [-0.2, 0) is 0 Å². The zero-order valence-electron chi connectivity index (χ0n) is 10.8. The van der Waals surface area contributed by atoms with Crippen LogP contribution in [0.25, 0.3) is 0 Å². The molecule has 0 aliphatic heterocycles. The van der Waals surface area contributed by atoms with Gasteiger partial charge < -0.3 is 5.32 Å². The Labute approximate surface area is 108 Å². The zero-order chi connectivity index (χ0) is 12.8. The van der Waals surface area contributed by atoms with Gasteiger partial charge in [0.05, 0.1) is 5.69 Å². The van der Waals surface area contributed by atoms with Crippen LogP contribution in [0.15, 0.2) is 59.6 Å². The van der Waals surface area contributed by atoms with Gasteiger partial charge in [-0.2, -0.15) is 0 Å². The number of aliphatic imine (C=N–C) groups is 1. The molecule has 0 aliphatic rings. The highest BCUT2D eigenvalue weighted by molar-refractivity contribution is 5.89. The molecule has 2 aromatic rings. The topological polar surface area (TPSA) is 24.4 Å². The normalized spacial score (nSPS) is 11.1. The van der Waals surface area contributed by atoms with E-state index in [0.717, 1.165) is 16.9 Å². The van der Waals surface area contributed by atoms with Crippen LogP contribution < -0.4 is 5.32 Å². The van der Waals surface area contributed by atoms with Crippen LogP contribution in [0, 0.1) is 0 Å². The van der Waals surface area contributed by atoms with Crippen LogP contribution in [0.2, 0.25) is 0 Å². The third kappa shape index (κ3) is 3.45. The number of anilines is 1. The molecule has 2 heteroatoms. The number of para-hydroxylation sites is 2. The van der Waals surface area contributed by atoms with Crippen LogP contribution in [0.4, 0.5) is 11.4 Å². The summed E-state index contributed by atoms with van der Waals surface area (Å²) in [7, 11) is 0. The quantitative estimate of drug-likeness (QED) is 0.791. The van der Waals surface area contributed by atoms with Crippen molar-refractivity contribution in [3.8, 4) is 0 Å². The maximum Gasteiger partial charge on any atom is 0.0629 e. The number of rotatable bonds is 4. The third-order valence-electron chi connectivity index (χ3n) is 2.51. The second-order valence-electron chi connectivity index (χ2n) is 4.48. The first-order valence-electron chi connectivity index (χ1n) is 6.20. The Morgan fingerprint density at radius 1 is 0.944 bits per heavy atom. The van der Waals surface area contributed by atoms with Crippen molar-refractivity contribution in [2.75, 3.05) is 5.32 Å². The Balaban J connectivity index is 2.21. The highest BCUT2D eigenvalue weighted by Gasteiger charge is 2.00. The zero-order valence-corrected chi connectivity index (χ0v) is 10.8. The number of nitrogens with zero attached hydrogens (tertiary/aromatic N) is 1. The molecular formula is C16H18N2. The van der Waals surface area contributed by atoms with Crippen molar-refractivity contribution in [2.24, 2.45) is 4.99 Å². The molecule has 0 saturated heterocycles. The van der Waals surface area contributed by atoms with E-state index in [2.05, 4.69) is 36.3 Å². The Morgan fingerprint density at radius 3 is 2.33 bits per heavy atom. The molecule has 0 atom stereocenters. The van der Waals surface area contributed by atoms with E-state index in [1.54, 1.807) is 0 Å². The predicted molar refractivity (Wildman–Crippen MR) is 78.9 cm³/mol. The fraction of sp³-hybridized carbons (Fsp3) is 0.188. The molecule has 0 fully saturated rings. The van der Waals surface area contributed by atoms with Crippen molar-refractivity contribution in [3.05, 3.63) is 60.2 Å². The van der Waals surface area contributed by atoms with Gasteiger partial charge in [-0.15, -0.1) is 0 Å². The van der Waals surface area contributed by atoms with Crippen molar-refractivity contribution in [3.63, 3.8) is 0 Å². The molecule has 0 spiro atoms. The van der Waals surface area contributed by atoms with Gasteiger partial charge in [-0.3, -0.25) is 4.99 Å². The minimum atomic E-state index is 0.413. The first kappa shape index (κ1) is 12.4. The molecule has 1 N–H and O–H groups in total. The van der Waals surface area contributed by atoms with Gasteiger partial charge in [0.25, 0.3) is 0 Å². The van der Waals surface area contributed by atoms with Crippen molar-refractivity contribution < 1.29 is 0 Å². The van der Waals surface area contributed by atoms with Crippen molar-refractivity contribution in [1.29, 1.82) is 0 Å². The van der Waals surface area contributed by atoms with Gasteiger partial charge >= 0.3 is 0 Å². The van der Waals surface area contributed by atoms with Crippen molar-refractivity contribution in [2.45, 2.75) is 19.9 Å². The fourth-order valence-electron chi connectivity index (χ4n) is 1.71. The third-order valence-corrected chi connectivity index (χ3v) is 2.51. The van der Waals surface area contributed by atoms with Gasteiger partial charge in [0.2, 0.25) is 0 Å². The summed E-state index contributed by atoms with van der Waals surface area (Å²) in [4.78, 5) is 4.48. The van der Waals surface area contributed by atoms with Crippen LogP contribution in [0.3, 0.4) is 0 Å². The molecule has 92 valence electrons. The lowest BCUT2D eigenvalue weighted by atomic mass is 10.2. The molecule has 18 heavy (non-hydrogen) atoms. The molecule has 0 bridgehead atoms. The van der Waals surface area contributed by atoms with Gasteiger partial charge in [-0.1, -0.05) is 36.4 Å². The summed E-state index contributed by atoms with van der Waals surface area (Å²) in [5.74, 6) is 0. The summed E-state index contributed by atoms with van der Waals surface area (Å²) in [6, 6.07) is 18.6. The number of benzene rings is 2. The van der Waals surface area contributed by atoms with Crippen LogP contribution in [-0.4, -0.2) is 12.3 Å². The molecular weight excluding hydrogens is 220 g/mol. The predicted octanol–water partition coefficient (Wildman–Crippen LogP) is 4.26. The average Bonchev–Trinajstić information content (AvgIpc) is 2.38. The SMILES string of the molecule is CC(C)Nc1ccccc1C=Nc1ccccc1. The lowest BCUT2D eigenvalue weighted by Crippen LogP contribution is -2.11. The number of nitrogens with one attached hydrogen (secondary N) is 1. The van der Waals surface area contributed by atoms with E-state index in [-0.39, 0.29) is 0 Å². The van der Waals surface area contributed by atoms with Gasteiger partial charge in [-0.05, 0) is 32.0 Å². The number of hydrogen-bond acceptors (Lipinski definition) is 2. The monoisotopic (exact) mass is 238 g/mol. The van der Waals surface area contributed by atoms with E-state index >= 15 is 0 Å². The lowest BCUT2D eigenvalue weighted by Gasteiger charge is -2.12. The van der Waals surface area contributed by atoms with Gasteiger partial charge in [0.1, 0.15) is 0 Å². The first-order valence-corrected chi connectivity index (χ1v) is 6.20. The van der Waals surface area contributed by atoms with E-state index < -0.39 is 0 Å². The average molecular weight is 238 g/mol. The van der Waals surface area contributed by atoms with E-state index in [4.69, 9.17) is 0 Å². The molecule has 2 rings (SSSR count). The molecule has 0 radical (unpaired) electrons. The second kappa shape index (κ2) is 6.01. The summed E-state index contributed by atoms with van der Waals surface area (Å²) in [5, 5.41) is 3.42. The Kier molecular flexibility index (Phi) is 4.13. The standard InChI is InChI=1S/C16H18N2/c1-13(2)18-16-11-7-6-8-14(16)12-17-15-9-4-3-5-10-15/h3-13,18H,1-2H3. The van der Waals surface area contributed by atoms with Crippen LogP contribution in [0.1, 0.15) is 19.4 Å². The minimum Gasteiger partial charge on any atom is -0.382 e. The van der Waals surface area contributed by atoms with Crippen molar-refractivity contribution >= 4 is 17.6 Å².